The Morgan fingerprint density at radius 3 is 2.47 bits per heavy atom. The first-order valence-corrected chi connectivity index (χ1v) is 6.10. The lowest BCUT2D eigenvalue weighted by molar-refractivity contribution is -0.138. The molecule has 2 N–H and O–H groups in total. The van der Waals surface area contributed by atoms with Crippen molar-refractivity contribution in [2.75, 3.05) is 5.32 Å². The van der Waals surface area contributed by atoms with Crippen LogP contribution in [0.5, 0.6) is 0 Å². The van der Waals surface area contributed by atoms with Gasteiger partial charge in [0.15, 0.2) is 0 Å². The summed E-state index contributed by atoms with van der Waals surface area (Å²) in [4.78, 5) is 11.2. The topological polar surface area (TPSA) is 73.1 Å². The number of nitrogens with zero attached hydrogens (tertiary/aromatic N) is 1. The Morgan fingerprint density at radius 1 is 1.21 bits per heavy atom. The molecule has 19 heavy (non-hydrogen) atoms. The van der Waals surface area contributed by atoms with Gasteiger partial charge >= 0.3 is 5.97 Å². The smallest absolute Gasteiger partial charge is 0.329 e. The van der Waals surface area contributed by atoms with Gasteiger partial charge in [-0.05, 0) is 25.0 Å². The predicted molar refractivity (Wildman–Crippen MR) is 71.9 cm³/mol. The number of hydrogen-bond donors (Lipinski definition) is 2. The number of carbonyl (C=O) groups is 1. The maximum Gasteiger partial charge on any atom is 0.329 e. The van der Waals surface area contributed by atoms with E-state index in [2.05, 4.69) is 11.4 Å². The standard InChI is InChI=1S/C15H12N2O2/c16-9-10-5-6-13(12-4-2-1-3-11(10)12)17-15(7-8-15)14(18)19/h1-6,17H,7-8H2,(H,18,19). The van der Waals surface area contributed by atoms with Crippen LogP contribution in [0.25, 0.3) is 10.8 Å². The van der Waals surface area contributed by atoms with Gasteiger partial charge in [0.25, 0.3) is 0 Å². The van der Waals surface area contributed by atoms with Gasteiger partial charge in [0.2, 0.25) is 0 Å². The number of carboxylic acids is 1. The molecule has 0 radical (unpaired) electrons. The molecule has 0 bridgehead atoms. The van der Waals surface area contributed by atoms with Gasteiger partial charge in [-0.25, -0.2) is 4.79 Å². The molecule has 0 aliphatic heterocycles. The molecule has 0 amide bonds. The number of nitrogens with one attached hydrogen (secondary N) is 1. The molecule has 94 valence electrons. The van der Waals surface area contributed by atoms with E-state index in [1.807, 2.05) is 24.3 Å². The molecule has 2 aromatic carbocycles. The number of fused-ring (bicyclic) bond motifs is 1. The van der Waals surface area contributed by atoms with Crippen LogP contribution >= 0.6 is 0 Å². The molecule has 0 aromatic heterocycles. The molecular weight excluding hydrogens is 240 g/mol. The summed E-state index contributed by atoms with van der Waals surface area (Å²) in [7, 11) is 0. The zero-order valence-corrected chi connectivity index (χ0v) is 10.2. The minimum absolute atomic E-state index is 0.598. The van der Waals surface area contributed by atoms with Crippen molar-refractivity contribution in [2.45, 2.75) is 18.4 Å². The van der Waals surface area contributed by atoms with E-state index in [9.17, 15) is 9.90 Å². The average Bonchev–Trinajstić information content (AvgIpc) is 3.20. The molecule has 1 saturated carbocycles. The van der Waals surface area contributed by atoms with Crippen molar-refractivity contribution in [3.63, 3.8) is 0 Å². The highest BCUT2D eigenvalue weighted by atomic mass is 16.4. The molecule has 1 aliphatic carbocycles. The summed E-state index contributed by atoms with van der Waals surface area (Å²) in [6.45, 7) is 0. The number of aliphatic carboxylic acids is 1. The van der Waals surface area contributed by atoms with E-state index in [4.69, 9.17) is 5.26 Å². The Morgan fingerprint density at radius 2 is 1.89 bits per heavy atom. The molecule has 2 aromatic rings. The monoisotopic (exact) mass is 252 g/mol. The van der Waals surface area contributed by atoms with E-state index in [0.29, 0.717) is 18.4 Å². The maximum atomic E-state index is 11.2. The summed E-state index contributed by atoms with van der Waals surface area (Å²) in [6.07, 6.45) is 1.27. The highest BCUT2D eigenvalue weighted by Crippen LogP contribution is 2.41. The second-order valence-corrected chi connectivity index (χ2v) is 4.83. The Labute approximate surface area is 110 Å². The summed E-state index contributed by atoms with van der Waals surface area (Å²) in [6, 6.07) is 13.2. The van der Waals surface area contributed by atoms with Gasteiger partial charge in [0, 0.05) is 16.5 Å². The lowest BCUT2D eigenvalue weighted by atomic mass is 10.0. The number of carboxylic acid groups (broad SMARTS) is 1. The number of hydrogen-bond acceptors (Lipinski definition) is 3. The molecule has 4 nitrogen and oxygen atoms in total. The first-order chi connectivity index (χ1) is 9.16. The van der Waals surface area contributed by atoms with Gasteiger partial charge in [0.1, 0.15) is 5.54 Å². The van der Waals surface area contributed by atoms with Crippen LogP contribution < -0.4 is 5.32 Å². The average molecular weight is 252 g/mol. The number of anilines is 1. The van der Waals surface area contributed by atoms with Crippen LogP contribution in [0, 0.1) is 11.3 Å². The van der Waals surface area contributed by atoms with Crippen molar-refractivity contribution >= 4 is 22.4 Å². The minimum atomic E-state index is -0.822. The number of rotatable bonds is 3. The highest BCUT2D eigenvalue weighted by Gasteiger charge is 2.50. The summed E-state index contributed by atoms with van der Waals surface area (Å²) in [5, 5.41) is 23.2. The highest BCUT2D eigenvalue weighted by molar-refractivity contribution is 5.99. The van der Waals surface area contributed by atoms with E-state index in [1.165, 1.54) is 0 Å². The van der Waals surface area contributed by atoms with Crippen molar-refractivity contribution < 1.29 is 9.90 Å². The largest absolute Gasteiger partial charge is 0.480 e. The van der Waals surface area contributed by atoms with E-state index >= 15 is 0 Å². The minimum Gasteiger partial charge on any atom is -0.480 e. The van der Waals surface area contributed by atoms with Gasteiger partial charge in [-0.15, -0.1) is 0 Å². The molecule has 3 rings (SSSR count). The fourth-order valence-electron chi connectivity index (χ4n) is 2.28. The lowest BCUT2D eigenvalue weighted by Gasteiger charge is -2.16. The lowest BCUT2D eigenvalue weighted by Crippen LogP contribution is -2.31. The molecule has 0 spiro atoms. The molecule has 0 atom stereocenters. The fourth-order valence-corrected chi connectivity index (χ4v) is 2.28. The normalized spacial score (nSPS) is 15.7. The Balaban J connectivity index is 2.11. The molecule has 4 heteroatoms. The third-order valence-electron chi connectivity index (χ3n) is 3.58. The van der Waals surface area contributed by atoms with Crippen LogP contribution in [-0.4, -0.2) is 16.6 Å². The molecule has 0 saturated heterocycles. The first kappa shape index (κ1) is 11.5. The number of benzene rings is 2. The second-order valence-electron chi connectivity index (χ2n) is 4.83. The van der Waals surface area contributed by atoms with Crippen LogP contribution in [0.2, 0.25) is 0 Å². The van der Waals surface area contributed by atoms with Gasteiger partial charge in [-0.2, -0.15) is 5.26 Å². The third-order valence-corrected chi connectivity index (χ3v) is 3.58. The molecule has 1 fully saturated rings. The van der Waals surface area contributed by atoms with Crippen LogP contribution in [-0.2, 0) is 4.79 Å². The Bertz CT molecular complexity index is 712. The molecular formula is C15H12N2O2. The van der Waals surface area contributed by atoms with Crippen LogP contribution in [0.1, 0.15) is 18.4 Å². The summed E-state index contributed by atoms with van der Waals surface area (Å²) < 4.78 is 0. The fraction of sp³-hybridized carbons (Fsp3) is 0.200. The van der Waals surface area contributed by atoms with E-state index in [1.54, 1.807) is 12.1 Å². The van der Waals surface area contributed by atoms with Gasteiger partial charge in [-0.3, -0.25) is 0 Å². The van der Waals surface area contributed by atoms with Crippen LogP contribution in [0.4, 0.5) is 5.69 Å². The quantitative estimate of drug-likeness (QED) is 0.880. The molecule has 0 unspecified atom stereocenters. The van der Waals surface area contributed by atoms with E-state index in [0.717, 1.165) is 16.5 Å². The summed E-state index contributed by atoms with van der Waals surface area (Å²) in [5.41, 5.74) is 0.549. The van der Waals surface area contributed by atoms with E-state index < -0.39 is 11.5 Å². The van der Waals surface area contributed by atoms with Gasteiger partial charge in [-0.1, -0.05) is 24.3 Å². The third kappa shape index (κ3) is 1.80. The van der Waals surface area contributed by atoms with E-state index in [-0.39, 0.29) is 0 Å². The maximum absolute atomic E-state index is 11.2. The zero-order chi connectivity index (χ0) is 13.5. The molecule has 0 heterocycles. The van der Waals surface area contributed by atoms with Gasteiger partial charge < -0.3 is 10.4 Å². The summed E-state index contributed by atoms with van der Waals surface area (Å²) >= 11 is 0. The predicted octanol–water partition coefficient (Wildman–Crippen LogP) is 2.74. The number of nitriles is 1. The zero-order valence-electron chi connectivity index (χ0n) is 10.2. The van der Waals surface area contributed by atoms with Crippen molar-refractivity contribution in [1.29, 1.82) is 5.26 Å². The van der Waals surface area contributed by atoms with Crippen LogP contribution in [0.3, 0.4) is 0 Å². The first-order valence-electron chi connectivity index (χ1n) is 6.10. The Hall–Kier alpha value is -2.54. The van der Waals surface area contributed by atoms with Crippen molar-refractivity contribution in [2.24, 2.45) is 0 Å². The Kier molecular flexibility index (Phi) is 2.42. The van der Waals surface area contributed by atoms with Crippen LogP contribution in [0.15, 0.2) is 36.4 Å². The van der Waals surface area contributed by atoms with Crippen molar-refractivity contribution in [3.8, 4) is 6.07 Å². The summed E-state index contributed by atoms with van der Waals surface area (Å²) in [5.74, 6) is -0.819. The van der Waals surface area contributed by atoms with Gasteiger partial charge in [0.05, 0.1) is 11.6 Å². The van der Waals surface area contributed by atoms with Crippen molar-refractivity contribution in [3.05, 3.63) is 42.0 Å². The second kappa shape index (κ2) is 3.99. The van der Waals surface area contributed by atoms with Crippen molar-refractivity contribution in [1.82, 2.24) is 0 Å². The molecule has 1 aliphatic rings. The SMILES string of the molecule is N#Cc1ccc(NC2(C(=O)O)CC2)c2ccccc12.